The molecule has 1 aliphatic heterocycles. The number of ether oxygens (including phenoxy) is 1. The first-order valence-corrected chi connectivity index (χ1v) is 7.92. The molecule has 9 nitrogen and oxygen atoms in total. The lowest BCUT2D eigenvalue weighted by atomic mass is 10.2. The molecule has 24 heavy (non-hydrogen) atoms. The fraction of sp³-hybridized carbons (Fsp3) is 0.467. The van der Waals surface area contributed by atoms with Gasteiger partial charge in [0.25, 0.3) is 5.95 Å². The molecule has 0 aliphatic carbocycles. The van der Waals surface area contributed by atoms with Crippen molar-refractivity contribution in [2.24, 2.45) is 0 Å². The van der Waals surface area contributed by atoms with Crippen LogP contribution in [-0.4, -0.2) is 40.3 Å². The van der Waals surface area contributed by atoms with E-state index in [1.165, 1.54) is 0 Å². The van der Waals surface area contributed by atoms with Gasteiger partial charge in [-0.25, -0.2) is 9.59 Å². The molecule has 1 aliphatic rings. The average Bonchev–Trinajstić information content (AvgIpc) is 2.96. The zero-order chi connectivity index (χ0) is 16.9. The number of nitrogens with one attached hydrogen (secondary N) is 1. The number of unbranched alkanes of at least 4 members (excludes halogenated alkanes) is 1. The van der Waals surface area contributed by atoms with E-state index in [4.69, 9.17) is 9.26 Å². The Hall–Kier alpha value is -2.84. The molecule has 0 aromatic carbocycles. The third-order valence-electron chi connectivity index (χ3n) is 3.58. The van der Waals surface area contributed by atoms with Crippen molar-refractivity contribution in [1.29, 1.82) is 0 Å². The number of nitrogens with zero attached hydrogens (tertiary/aromatic N) is 4. The van der Waals surface area contributed by atoms with Crippen LogP contribution in [0.2, 0.25) is 0 Å². The molecule has 0 saturated carbocycles. The Morgan fingerprint density at radius 1 is 1.42 bits per heavy atom. The maximum absolute atomic E-state index is 11.9. The second kappa shape index (κ2) is 7.16. The fourth-order valence-corrected chi connectivity index (χ4v) is 2.36. The molecule has 2 aromatic heterocycles. The van der Waals surface area contributed by atoms with Gasteiger partial charge in [0.1, 0.15) is 5.82 Å². The highest BCUT2D eigenvalue weighted by atomic mass is 16.6. The third kappa shape index (κ3) is 3.55. The first-order chi connectivity index (χ1) is 11.7. The van der Waals surface area contributed by atoms with Gasteiger partial charge in [0, 0.05) is 19.2 Å². The van der Waals surface area contributed by atoms with Crippen LogP contribution >= 0.6 is 0 Å². The highest BCUT2D eigenvalue weighted by Gasteiger charge is 2.17. The number of carbonyl (C=O) groups is 1. The largest absolute Gasteiger partial charge is 0.460 e. The van der Waals surface area contributed by atoms with Crippen LogP contribution in [0.1, 0.15) is 26.2 Å². The van der Waals surface area contributed by atoms with Gasteiger partial charge in [-0.3, -0.25) is 5.32 Å². The maximum atomic E-state index is 11.9. The second-order valence-electron chi connectivity index (χ2n) is 5.38. The molecular formula is C15H19N5O4. The van der Waals surface area contributed by atoms with Gasteiger partial charge in [-0.2, -0.15) is 9.97 Å². The highest BCUT2D eigenvalue weighted by molar-refractivity contribution is 5.83. The number of hydrogen-bond donors (Lipinski definition) is 1. The lowest BCUT2D eigenvalue weighted by Crippen LogP contribution is -2.28. The lowest BCUT2D eigenvalue weighted by Gasteiger charge is -2.24. The molecule has 0 atom stereocenters. The molecule has 0 saturated heterocycles. The summed E-state index contributed by atoms with van der Waals surface area (Å²) in [5.74, 6) is -0.0837. The SMILES string of the molecule is CCCCOC(=O)Nc1nc(N2CC=CCC2)cc2nc(=O)on12. The summed E-state index contributed by atoms with van der Waals surface area (Å²) in [5.41, 5.74) is 0.281. The summed E-state index contributed by atoms with van der Waals surface area (Å²) in [4.78, 5) is 33.5. The van der Waals surface area contributed by atoms with Gasteiger partial charge >= 0.3 is 11.8 Å². The number of amides is 1. The molecule has 0 fully saturated rings. The summed E-state index contributed by atoms with van der Waals surface area (Å²) < 4.78 is 11.1. The Morgan fingerprint density at radius 2 is 2.29 bits per heavy atom. The zero-order valence-electron chi connectivity index (χ0n) is 13.4. The molecule has 0 spiro atoms. The Morgan fingerprint density at radius 3 is 3.04 bits per heavy atom. The van der Waals surface area contributed by atoms with Gasteiger partial charge in [-0.05, 0) is 12.8 Å². The van der Waals surface area contributed by atoms with E-state index in [0.717, 1.165) is 30.4 Å². The molecular weight excluding hydrogens is 314 g/mol. The van der Waals surface area contributed by atoms with Gasteiger partial charge < -0.3 is 14.2 Å². The standard InChI is InChI=1S/C15H19N5O4/c1-2-3-9-23-14(21)18-13-16-11(19-7-5-4-6-8-19)10-12-17-15(22)24-20(12)13/h4-5,10H,2-3,6-9H2,1H3,(H,16,18,21). The van der Waals surface area contributed by atoms with E-state index in [0.29, 0.717) is 19.0 Å². The van der Waals surface area contributed by atoms with Crippen molar-refractivity contribution in [3.8, 4) is 0 Å². The van der Waals surface area contributed by atoms with Gasteiger partial charge in [0.05, 0.1) is 6.61 Å². The Bertz CT molecular complexity index is 810. The van der Waals surface area contributed by atoms with Crippen LogP contribution in [0.5, 0.6) is 0 Å². The van der Waals surface area contributed by atoms with Crippen molar-refractivity contribution in [1.82, 2.24) is 14.5 Å². The van der Waals surface area contributed by atoms with Gasteiger partial charge in [0.2, 0.25) is 0 Å². The summed E-state index contributed by atoms with van der Waals surface area (Å²) in [7, 11) is 0. The van der Waals surface area contributed by atoms with Crippen molar-refractivity contribution in [2.75, 3.05) is 29.9 Å². The molecule has 3 heterocycles. The number of aromatic nitrogens is 3. The van der Waals surface area contributed by atoms with Crippen LogP contribution in [-0.2, 0) is 4.74 Å². The summed E-state index contributed by atoms with van der Waals surface area (Å²) in [6.07, 6.45) is 6.08. The van der Waals surface area contributed by atoms with Crippen molar-refractivity contribution in [2.45, 2.75) is 26.2 Å². The number of hydrogen-bond acceptors (Lipinski definition) is 7. The quantitative estimate of drug-likeness (QED) is 0.657. The molecule has 128 valence electrons. The van der Waals surface area contributed by atoms with Gasteiger partial charge in [0.15, 0.2) is 5.65 Å². The number of fused-ring (bicyclic) bond motifs is 1. The summed E-state index contributed by atoms with van der Waals surface area (Å²) in [6.45, 7) is 3.81. The van der Waals surface area contributed by atoms with E-state index < -0.39 is 11.8 Å². The van der Waals surface area contributed by atoms with Crippen LogP contribution in [0.3, 0.4) is 0 Å². The molecule has 2 aromatic rings. The van der Waals surface area contributed by atoms with E-state index in [9.17, 15) is 9.59 Å². The molecule has 0 bridgehead atoms. The monoisotopic (exact) mass is 333 g/mol. The van der Waals surface area contributed by atoms with Crippen molar-refractivity contribution in [3.05, 3.63) is 28.8 Å². The summed E-state index contributed by atoms with van der Waals surface area (Å²) in [5, 5.41) is 2.51. The van der Waals surface area contributed by atoms with Crippen molar-refractivity contribution >= 4 is 23.5 Å². The molecule has 1 N–H and O–H groups in total. The minimum atomic E-state index is -0.755. The predicted octanol–water partition coefficient (Wildman–Crippen LogP) is 1.80. The maximum Gasteiger partial charge on any atom is 0.460 e. The predicted molar refractivity (Wildman–Crippen MR) is 87.4 cm³/mol. The number of carbonyl (C=O) groups excluding carboxylic acids is 1. The van der Waals surface area contributed by atoms with Crippen LogP contribution in [0.15, 0.2) is 27.5 Å². The number of anilines is 2. The molecule has 3 rings (SSSR count). The normalized spacial score (nSPS) is 14.1. The Kier molecular flexibility index (Phi) is 4.78. The first kappa shape index (κ1) is 16.0. The Balaban J connectivity index is 1.88. The zero-order valence-corrected chi connectivity index (χ0v) is 13.4. The van der Waals surface area contributed by atoms with E-state index in [1.54, 1.807) is 6.07 Å². The van der Waals surface area contributed by atoms with E-state index >= 15 is 0 Å². The summed E-state index contributed by atoms with van der Waals surface area (Å²) >= 11 is 0. The van der Waals surface area contributed by atoms with Crippen LogP contribution in [0, 0.1) is 0 Å². The second-order valence-corrected chi connectivity index (χ2v) is 5.38. The minimum Gasteiger partial charge on any atom is -0.449 e. The Labute approximate surface area is 137 Å². The smallest absolute Gasteiger partial charge is 0.449 e. The van der Waals surface area contributed by atoms with Crippen molar-refractivity contribution < 1.29 is 14.1 Å². The fourth-order valence-electron chi connectivity index (χ4n) is 2.36. The minimum absolute atomic E-state index is 0.0631. The van der Waals surface area contributed by atoms with Crippen LogP contribution in [0.25, 0.3) is 5.65 Å². The first-order valence-electron chi connectivity index (χ1n) is 7.92. The average molecular weight is 333 g/mol. The lowest BCUT2D eigenvalue weighted by molar-refractivity contribution is 0.159. The highest BCUT2D eigenvalue weighted by Crippen LogP contribution is 2.19. The van der Waals surface area contributed by atoms with Crippen molar-refractivity contribution in [3.63, 3.8) is 0 Å². The molecule has 0 radical (unpaired) electrons. The molecule has 1 amide bonds. The number of rotatable bonds is 5. The third-order valence-corrected chi connectivity index (χ3v) is 3.58. The topological polar surface area (TPSA) is 102 Å². The summed E-state index contributed by atoms with van der Waals surface area (Å²) in [6, 6.07) is 1.65. The van der Waals surface area contributed by atoms with E-state index in [-0.39, 0.29) is 11.6 Å². The molecule has 9 heteroatoms. The van der Waals surface area contributed by atoms with E-state index in [1.807, 2.05) is 17.9 Å². The van der Waals surface area contributed by atoms with Gasteiger partial charge in [-0.1, -0.05) is 25.5 Å². The van der Waals surface area contributed by atoms with Crippen LogP contribution in [0.4, 0.5) is 16.6 Å². The van der Waals surface area contributed by atoms with Gasteiger partial charge in [-0.15, -0.1) is 4.57 Å². The van der Waals surface area contributed by atoms with E-state index in [2.05, 4.69) is 21.4 Å². The molecule has 0 unspecified atom stereocenters. The van der Waals surface area contributed by atoms with Crippen LogP contribution < -0.4 is 16.0 Å².